The van der Waals surface area contributed by atoms with Crippen LogP contribution in [0.1, 0.15) is 37.8 Å². The molecule has 2 nitrogen and oxygen atoms in total. The van der Waals surface area contributed by atoms with Gasteiger partial charge in [0.1, 0.15) is 0 Å². The molecule has 104 valence electrons. The zero-order chi connectivity index (χ0) is 13.2. The van der Waals surface area contributed by atoms with Crippen LogP contribution in [0.3, 0.4) is 0 Å². The van der Waals surface area contributed by atoms with Gasteiger partial charge in [-0.05, 0) is 62.9 Å². The van der Waals surface area contributed by atoms with Crippen LogP contribution in [0.5, 0.6) is 0 Å². The first-order chi connectivity index (χ1) is 9.22. The van der Waals surface area contributed by atoms with E-state index in [9.17, 15) is 0 Å². The Bertz CT molecular complexity index is 413. The Labute approximate surface area is 121 Å². The normalized spacial score (nSPS) is 25.7. The third kappa shape index (κ3) is 3.50. The van der Waals surface area contributed by atoms with Gasteiger partial charge in [0, 0.05) is 23.7 Å². The minimum absolute atomic E-state index is 0.503. The van der Waals surface area contributed by atoms with Crippen molar-refractivity contribution >= 4 is 11.6 Å². The minimum Gasteiger partial charge on any atom is -0.314 e. The van der Waals surface area contributed by atoms with Gasteiger partial charge in [-0.25, -0.2) is 0 Å². The molecule has 0 radical (unpaired) electrons. The van der Waals surface area contributed by atoms with Crippen LogP contribution in [0.15, 0.2) is 24.3 Å². The number of hydrogen-bond donors (Lipinski definition) is 1. The van der Waals surface area contributed by atoms with Gasteiger partial charge >= 0.3 is 0 Å². The van der Waals surface area contributed by atoms with E-state index in [4.69, 9.17) is 11.6 Å². The fourth-order valence-electron chi connectivity index (χ4n) is 2.95. The molecule has 19 heavy (non-hydrogen) atoms. The highest BCUT2D eigenvalue weighted by Crippen LogP contribution is 2.28. The molecule has 2 unspecified atom stereocenters. The van der Waals surface area contributed by atoms with E-state index in [0.717, 1.165) is 17.0 Å². The third-order valence-corrected chi connectivity index (χ3v) is 4.74. The van der Waals surface area contributed by atoms with Gasteiger partial charge in [0.15, 0.2) is 0 Å². The van der Waals surface area contributed by atoms with E-state index in [2.05, 4.69) is 29.3 Å². The van der Waals surface area contributed by atoms with Gasteiger partial charge < -0.3 is 5.32 Å². The second-order valence-corrected chi connectivity index (χ2v) is 6.50. The van der Waals surface area contributed by atoms with Gasteiger partial charge in [-0.15, -0.1) is 0 Å². The average molecular weight is 279 g/mol. The predicted molar refractivity (Wildman–Crippen MR) is 80.6 cm³/mol. The number of likely N-dealkylation sites (tertiary alicyclic amines) is 1. The first kappa shape index (κ1) is 13.4. The smallest absolute Gasteiger partial charge is 0.0406 e. The molecular weight excluding hydrogens is 256 g/mol. The molecule has 0 bridgehead atoms. The number of nitrogens with zero attached hydrogens (tertiary/aromatic N) is 1. The zero-order valence-corrected chi connectivity index (χ0v) is 12.4. The second-order valence-electron chi connectivity index (χ2n) is 6.06. The number of benzene rings is 1. The Balaban J connectivity index is 1.52. The lowest BCUT2D eigenvalue weighted by Gasteiger charge is -2.25. The molecule has 3 rings (SSSR count). The highest BCUT2D eigenvalue weighted by atomic mass is 35.5. The van der Waals surface area contributed by atoms with Crippen LogP contribution in [0.2, 0.25) is 5.02 Å². The standard InChI is InChI=1S/C16H23ClN2/c1-12(14-2-4-15(17)5-3-14)19-9-8-13(11-19)10-18-16-6-7-16/h2-5,12-13,16,18H,6-11H2,1H3. The van der Waals surface area contributed by atoms with E-state index >= 15 is 0 Å². The second kappa shape index (κ2) is 5.82. The van der Waals surface area contributed by atoms with Crippen LogP contribution in [0.4, 0.5) is 0 Å². The summed E-state index contributed by atoms with van der Waals surface area (Å²) in [7, 11) is 0. The Morgan fingerprint density at radius 1 is 1.26 bits per heavy atom. The van der Waals surface area contributed by atoms with Gasteiger partial charge in [-0.1, -0.05) is 23.7 Å². The quantitative estimate of drug-likeness (QED) is 0.887. The Morgan fingerprint density at radius 2 is 2.00 bits per heavy atom. The molecule has 0 amide bonds. The maximum absolute atomic E-state index is 5.95. The summed E-state index contributed by atoms with van der Waals surface area (Å²) in [6.45, 7) is 5.96. The molecule has 0 spiro atoms. The fourth-order valence-corrected chi connectivity index (χ4v) is 3.08. The maximum atomic E-state index is 5.95. The van der Waals surface area contributed by atoms with Gasteiger partial charge in [0.2, 0.25) is 0 Å². The molecule has 3 heteroatoms. The van der Waals surface area contributed by atoms with Gasteiger partial charge in [0.25, 0.3) is 0 Å². The highest BCUT2D eigenvalue weighted by molar-refractivity contribution is 6.30. The summed E-state index contributed by atoms with van der Waals surface area (Å²) in [6.07, 6.45) is 4.10. The van der Waals surface area contributed by atoms with Crippen LogP contribution >= 0.6 is 11.6 Å². The van der Waals surface area contributed by atoms with Crippen LogP contribution in [-0.4, -0.2) is 30.6 Å². The summed E-state index contributed by atoms with van der Waals surface area (Å²) < 4.78 is 0. The van der Waals surface area contributed by atoms with E-state index in [0.29, 0.717) is 6.04 Å². The van der Waals surface area contributed by atoms with Crippen LogP contribution in [0, 0.1) is 5.92 Å². The number of halogens is 1. The summed E-state index contributed by atoms with van der Waals surface area (Å²) >= 11 is 5.95. The van der Waals surface area contributed by atoms with E-state index in [1.165, 1.54) is 44.5 Å². The molecule has 0 aromatic heterocycles. The first-order valence-corrected chi connectivity index (χ1v) is 7.83. The van der Waals surface area contributed by atoms with Crippen LogP contribution in [0.25, 0.3) is 0 Å². The molecule has 2 aliphatic rings. The molecule has 1 aromatic rings. The molecule has 1 N–H and O–H groups in total. The number of nitrogens with one attached hydrogen (secondary N) is 1. The van der Waals surface area contributed by atoms with Crippen molar-refractivity contribution in [3.8, 4) is 0 Å². The maximum Gasteiger partial charge on any atom is 0.0406 e. The Kier molecular flexibility index (Phi) is 4.11. The van der Waals surface area contributed by atoms with E-state index < -0.39 is 0 Å². The molecular formula is C16H23ClN2. The van der Waals surface area contributed by atoms with Crippen molar-refractivity contribution in [3.63, 3.8) is 0 Å². The molecule has 1 saturated carbocycles. The van der Waals surface area contributed by atoms with Crippen molar-refractivity contribution in [1.29, 1.82) is 0 Å². The van der Waals surface area contributed by atoms with E-state index in [-0.39, 0.29) is 0 Å². The molecule has 1 aliphatic heterocycles. The molecule has 1 heterocycles. The lowest BCUT2D eigenvalue weighted by atomic mass is 10.1. The summed E-state index contributed by atoms with van der Waals surface area (Å²) in [6, 6.07) is 9.64. The summed E-state index contributed by atoms with van der Waals surface area (Å²) in [5.74, 6) is 0.829. The van der Waals surface area contributed by atoms with Crippen molar-refractivity contribution in [2.75, 3.05) is 19.6 Å². The van der Waals surface area contributed by atoms with Crippen molar-refractivity contribution in [3.05, 3.63) is 34.9 Å². The molecule has 1 aromatic carbocycles. The fraction of sp³-hybridized carbons (Fsp3) is 0.625. The van der Waals surface area contributed by atoms with E-state index in [1.54, 1.807) is 0 Å². The first-order valence-electron chi connectivity index (χ1n) is 7.45. The minimum atomic E-state index is 0.503. The topological polar surface area (TPSA) is 15.3 Å². The number of rotatable bonds is 5. The average Bonchev–Trinajstić information content (AvgIpc) is 3.13. The monoisotopic (exact) mass is 278 g/mol. The van der Waals surface area contributed by atoms with Crippen molar-refractivity contribution in [2.45, 2.75) is 38.3 Å². The largest absolute Gasteiger partial charge is 0.314 e. The molecule has 2 fully saturated rings. The third-order valence-electron chi connectivity index (χ3n) is 4.49. The summed E-state index contributed by atoms with van der Waals surface area (Å²) in [4.78, 5) is 2.60. The van der Waals surface area contributed by atoms with Gasteiger partial charge in [-0.2, -0.15) is 0 Å². The molecule has 1 aliphatic carbocycles. The zero-order valence-electron chi connectivity index (χ0n) is 11.6. The van der Waals surface area contributed by atoms with Crippen molar-refractivity contribution in [1.82, 2.24) is 10.2 Å². The van der Waals surface area contributed by atoms with Gasteiger partial charge in [-0.3, -0.25) is 4.90 Å². The summed E-state index contributed by atoms with van der Waals surface area (Å²) in [5, 5.41) is 4.48. The lowest BCUT2D eigenvalue weighted by Crippen LogP contribution is -2.29. The summed E-state index contributed by atoms with van der Waals surface area (Å²) in [5.41, 5.74) is 1.38. The lowest BCUT2D eigenvalue weighted by molar-refractivity contribution is 0.251. The SMILES string of the molecule is CC(c1ccc(Cl)cc1)N1CCC(CNC2CC2)C1. The van der Waals surface area contributed by atoms with Crippen molar-refractivity contribution in [2.24, 2.45) is 5.92 Å². The molecule has 1 saturated heterocycles. The predicted octanol–water partition coefficient (Wildman–Crippen LogP) is 3.47. The van der Waals surface area contributed by atoms with Crippen LogP contribution in [-0.2, 0) is 0 Å². The number of hydrogen-bond acceptors (Lipinski definition) is 2. The van der Waals surface area contributed by atoms with E-state index in [1.807, 2.05) is 12.1 Å². The Hall–Kier alpha value is -0.570. The van der Waals surface area contributed by atoms with Crippen LogP contribution < -0.4 is 5.32 Å². The molecule has 2 atom stereocenters. The van der Waals surface area contributed by atoms with Gasteiger partial charge in [0.05, 0.1) is 0 Å². The Morgan fingerprint density at radius 3 is 2.68 bits per heavy atom. The highest BCUT2D eigenvalue weighted by Gasteiger charge is 2.28. The van der Waals surface area contributed by atoms with Crippen molar-refractivity contribution < 1.29 is 0 Å².